The van der Waals surface area contributed by atoms with Crippen LogP contribution in [0.15, 0.2) is 42.5 Å². The van der Waals surface area contributed by atoms with Crippen molar-refractivity contribution in [3.63, 3.8) is 0 Å². The fourth-order valence-electron chi connectivity index (χ4n) is 4.56. The summed E-state index contributed by atoms with van der Waals surface area (Å²) in [5, 5.41) is 9.74. The molecule has 4 nitrogen and oxygen atoms in total. The smallest absolute Gasteiger partial charge is 0.160 e. The number of likely N-dealkylation sites (tertiary alicyclic amines) is 1. The molecule has 2 aromatic rings. The number of aryl methyl sites for hydroxylation is 1. The number of nitrogens with zero attached hydrogens (tertiary/aromatic N) is 1. The number of benzene rings is 2. The Morgan fingerprint density at radius 2 is 1.93 bits per heavy atom. The Bertz CT molecular complexity index is 796. The first-order valence-corrected chi connectivity index (χ1v) is 9.93. The normalized spacial score (nSPS) is 19.1. The Morgan fingerprint density at radius 1 is 1.18 bits per heavy atom. The van der Waals surface area contributed by atoms with Crippen LogP contribution in [0.3, 0.4) is 0 Å². The van der Waals surface area contributed by atoms with Gasteiger partial charge in [0.25, 0.3) is 0 Å². The van der Waals surface area contributed by atoms with Gasteiger partial charge in [0.05, 0.1) is 19.3 Å². The molecule has 0 bridgehead atoms. The molecule has 2 heterocycles. The molecular weight excluding hydrogens is 350 g/mol. The number of phenolic OH excluding ortho intramolecular Hbond substituents is 1. The van der Waals surface area contributed by atoms with E-state index in [1.165, 1.54) is 16.7 Å². The fraction of sp³-hybridized carbons (Fsp3) is 0.500. The minimum absolute atomic E-state index is 0. The van der Waals surface area contributed by atoms with Gasteiger partial charge in [-0.15, -0.1) is 0 Å². The third kappa shape index (κ3) is 3.89. The van der Waals surface area contributed by atoms with Crippen LogP contribution in [-0.4, -0.2) is 36.2 Å². The minimum Gasteiger partial charge on any atom is -0.504 e. The predicted molar refractivity (Wildman–Crippen MR) is 113 cm³/mol. The number of phenols is 1. The maximum atomic E-state index is 9.74. The van der Waals surface area contributed by atoms with E-state index in [1.807, 2.05) is 12.1 Å². The number of piperidine rings is 1. The summed E-state index contributed by atoms with van der Waals surface area (Å²) in [6.07, 6.45) is 4.22. The van der Waals surface area contributed by atoms with Crippen molar-refractivity contribution in [3.05, 3.63) is 59.2 Å². The standard InChI is InChI=1S/C23H29NO3.CH4/c1-17(7-8-18-9-10-21(25)22(15-18)26-2)24-13-11-23(12-14-24)20-6-4-3-5-19(20)16-27-23;/h3-6,9-10,15,17,25H,7-8,11-14,16H2,1-2H3;1H4. The van der Waals surface area contributed by atoms with Gasteiger partial charge in [-0.25, -0.2) is 0 Å². The molecule has 1 atom stereocenters. The van der Waals surface area contributed by atoms with E-state index < -0.39 is 0 Å². The van der Waals surface area contributed by atoms with E-state index in [0.717, 1.165) is 45.4 Å². The molecule has 152 valence electrons. The zero-order valence-electron chi connectivity index (χ0n) is 16.3. The van der Waals surface area contributed by atoms with E-state index in [4.69, 9.17) is 9.47 Å². The first kappa shape index (κ1) is 20.7. The van der Waals surface area contributed by atoms with Gasteiger partial charge in [0, 0.05) is 19.1 Å². The maximum absolute atomic E-state index is 9.74. The number of fused-ring (bicyclic) bond motifs is 2. The van der Waals surface area contributed by atoms with Gasteiger partial charge in [0.1, 0.15) is 0 Å². The highest BCUT2D eigenvalue weighted by Crippen LogP contribution is 2.44. The van der Waals surface area contributed by atoms with Crippen LogP contribution in [-0.2, 0) is 23.4 Å². The van der Waals surface area contributed by atoms with Crippen molar-refractivity contribution in [2.75, 3.05) is 20.2 Å². The lowest BCUT2D eigenvalue weighted by molar-refractivity contribution is -0.0837. The molecule has 28 heavy (non-hydrogen) atoms. The molecule has 1 unspecified atom stereocenters. The highest BCUT2D eigenvalue weighted by molar-refractivity contribution is 5.41. The third-order valence-corrected chi connectivity index (χ3v) is 6.34. The SMILES string of the molecule is C.COc1cc(CCC(C)N2CCC3(CC2)OCc2ccccc23)ccc1O. The third-order valence-electron chi connectivity index (χ3n) is 6.34. The monoisotopic (exact) mass is 383 g/mol. The molecule has 4 rings (SSSR count). The molecule has 2 aliphatic heterocycles. The van der Waals surface area contributed by atoms with Crippen LogP contribution in [0, 0.1) is 0 Å². The van der Waals surface area contributed by atoms with Gasteiger partial charge in [-0.1, -0.05) is 37.8 Å². The molecule has 0 amide bonds. The number of hydrogen-bond acceptors (Lipinski definition) is 4. The van der Waals surface area contributed by atoms with E-state index in [-0.39, 0.29) is 18.8 Å². The van der Waals surface area contributed by atoms with Crippen molar-refractivity contribution in [2.45, 2.75) is 58.3 Å². The Kier molecular flexibility index (Phi) is 6.31. The van der Waals surface area contributed by atoms with Gasteiger partial charge in [0.15, 0.2) is 11.5 Å². The number of aromatic hydroxyl groups is 1. The maximum Gasteiger partial charge on any atom is 0.160 e. The van der Waals surface area contributed by atoms with Crippen molar-refractivity contribution in [1.29, 1.82) is 0 Å². The topological polar surface area (TPSA) is 41.9 Å². The summed E-state index contributed by atoms with van der Waals surface area (Å²) >= 11 is 0. The largest absolute Gasteiger partial charge is 0.504 e. The van der Waals surface area contributed by atoms with Gasteiger partial charge >= 0.3 is 0 Å². The molecule has 1 saturated heterocycles. The van der Waals surface area contributed by atoms with E-state index in [9.17, 15) is 5.11 Å². The highest BCUT2D eigenvalue weighted by Gasteiger charge is 2.42. The Hall–Kier alpha value is -2.04. The lowest BCUT2D eigenvalue weighted by atomic mass is 9.83. The summed E-state index contributed by atoms with van der Waals surface area (Å²) in [5.41, 5.74) is 3.92. The Morgan fingerprint density at radius 3 is 2.68 bits per heavy atom. The summed E-state index contributed by atoms with van der Waals surface area (Å²) < 4.78 is 11.5. The van der Waals surface area contributed by atoms with Crippen molar-refractivity contribution < 1.29 is 14.6 Å². The Labute approximate surface area is 169 Å². The van der Waals surface area contributed by atoms with Crippen LogP contribution in [0.4, 0.5) is 0 Å². The minimum atomic E-state index is -0.0584. The zero-order chi connectivity index (χ0) is 18.9. The number of ether oxygens (including phenoxy) is 2. The molecule has 4 heteroatoms. The number of methoxy groups -OCH3 is 1. The molecule has 1 N–H and O–H groups in total. The average molecular weight is 384 g/mol. The molecule has 2 aliphatic rings. The number of hydrogen-bond donors (Lipinski definition) is 1. The first-order chi connectivity index (χ1) is 13.1. The van der Waals surface area contributed by atoms with Gasteiger partial charge in [-0.05, 0) is 61.4 Å². The first-order valence-electron chi connectivity index (χ1n) is 9.93. The average Bonchev–Trinajstić information content (AvgIpc) is 3.06. The summed E-state index contributed by atoms with van der Waals surface area (Å²) in [7, 11) is 1.59. The van der Waals surface area contributed by atoms with E-state index in [1.54, 1.807) is 13.2 Å². The fourth-order valence-corrected chi connectivity index (χ4v) is 4.56. The van der Waals surface area contributed by atoms with Crippen LogP contribution in [0.25, 0.3) is 0 Å². The second kappa shape index (κ2) is 8.54. The van der Waals surface area contributed by atoms with Crippen molar-refractivity contribution in [1.82, 2.24) is 4.90 Å². The molecule has 1 fully saturated rings. The summed E-state index contributed by atoms with van der Waals surface area (Å²) in [5.74, 6) is 0.754. The summed E-state index contributed by atoms with van der Waals surface area (Å²) in [6, 6.07) is 14.9. The highest BCUT2D eigenvalue weighted by atomic mass is 16.5. The lowest BCUT2D eigenvalue weighted by Gasteiger charge is -2.41. The van der Waals surface area contributed by atoms with Crippen molar-refractivity contribution >= 4 is 0 Å². The molecule has 0 aliphatic carbocycles. The lowest BCUT2D eigenvalue weighted by Crippen LogP contribution is -2.46. The van der Waals surface area contributed by atoms with Crippen molar-refractivity contribution in [3.8, 4) is 11.5 Å². The van der Waals surface area contributed by atoms with Crippen molar-refractivity contribution in [2.24, 2.45) is 0 Å². The van der Waals surface area contributed by atoms with E-state index in [2.05, 4.69) is 36.1 Å². The van der Waals surface area contributed by atoms with Gasteiger partial charge in [-0.3, -0.25) is 0 Å². The quantitative estimate of drug-likeness (QED) is 0.799. The number of rotatable bonds is 5. The van der Waals surface area contributed by atoms with Gasteiger partial charge < -0.3 is 19.5 Å². The molecule has 2 aromatic carbocycles. The van der Waals surface area contributed by atoms with Crippen LogP contribution >= 0.6 is 0 Å². The van der Waals surface area contributed by atoms with Gasteiger partial charge in [-0.2, -0.15) is 0 Å². The predicted octanol–water partition coefficient (Wildman–Crippen LogP) is 4.88. The molecule has 0 radical (unpaired) electrons. The Balaban J connectivity index is 0.00000225. The van der Waals surface area contributed by atoms with Crippen LogP contribution in [0.1, 0.15) is 50.3 Å². The van der Waals surface area contributed by atoms with Crippen LogP contribution in [0.5, 0.6) is 11.5 Å². The second-order valence-electron chi connectivity index (χ2n) is 7.87. The van der Waals surface area contributed by atoms with E-state index >= 15 is 0 Å². The molecular formula is C24H33NO3. The summed E-state index contributed by atoms with van der Waals surface area (Å²) in [6.45, 7) is 5.23. The van der Waals surface area contributed by atoms with E-state index in [0.29, 0.717) is 11.8 Å². The van der Waals surface area contributed by atoms with Gasteiger partial charge in [0.2, 0.25) is 0 Å². The van der Waals surface area contributed by atoms with Crippen LogP contribution < -0.4 is 4.74 Å². The molecule has 1 spiro atoms. The molecule has 0 aromatic heterocycles. The molecule has 0 saturated carbocycles. The van der Waals surface area contributed by atoms with Crippen LogP contribution in [0.2, 0.25) is 0 Å². The zero-order valence-corrected chi connectivity index (χ0v) is 16.3. The summed E-state index contributed by atoms with van der Waals surface area (Å²) in [4.78, 5) is 2.59. The second-order valence-corrected chi connectivity index (χ2v) is 7.87.